The highest BCUT2D eigenvalue weighted by Crippen LogP contribution is 2.19. The summed E-state index contributed by atoms with van der Waals surface area (Å²) in [7, 11) is 1.61. The molecule has 22 heavy (non-hydrogen) atoms. The molecule has 2 aromatic rings. The molecule has 1 amide bonds. The zero-order valence-electron chi connectivity index (χ0n) is 12.3. The van der Waals surface area contributed by atoms with Crippen LogP contribution >= 0.6 is 0 Å². The molecule has 6 heteroatoms. The van der Waals surface area contributed by atoms with Crippen molar-refractivity contribution in [2.45, 2.75) is 6.42 Å². The Balaban J connectivity index is 2.00. The molecule has 0 radical (unpaired) electrons. The molecular weight excluding hydrogens is 285 g/mol. The van der Waals surface area contributed by atoms with Gasteiger partial charge >= 0.3 is 0 Å². The van der Waals surface area contributed by atoms with Crippen LogP contribution in [0.3, 0.4) is 0 Å². The quantitative estimate of drug-likeness (QED) is 0.772. The Bertz CT molecular complexity index is 634. The monoisotopic (exact) mass is 303 g/mol. The SMILES string of the molecule is COCCCNC(=O)c1cc(Nc2ccccc2F)ccn1. The molecule has 0 unspecified atom stereocenters. The zero-order chi connectivity index (χ0) is 15.8. The first kappa shape index (κ1) is 15.9. The molecule has 0 saturated carbocycles. The number of hydrogen-bond acceptors (Lipinski definition) is 4. The lowest BCUT2D eigenvalue weighted by atomic mass is 10.2. The maximum absolute atomic E-state index is 13.6. The summed E-state index contributed by atoms with van der Waals surface area (Å²) in [5.41, 5.74) is 1.22. The molecule has 0 saturated heterocycles. The normalized spacial score (nSPS) is 10.3. The minimum Gasteiger partial charge on any atom is -0.385 e. The Morgan fingerprint density at radius 1 is 1.32 bits per heavy atom. The first-order valence-electron chi connectivity index (χ1n) is 6.95. The van der Waals surface area contributed by atoms with Gasteiger partial charge in [-0.25, -0.2) is 4.39 Å². The number of ether oxygens (including phenoxy) is 1. The molecule has 1 aromatic carbocycles. The zero-order valence-corrected chi connectivity index (χ0v) is 12.3. The van der Waals surface area contributed by atoms with E-state index < -0.39 is 0 Å². The number of carbonyl (C=O) groups excluding carboxylic acids is 1. The van der Waals surface area contributed by atoms with E-state index >= 15 is 0 Å². The Labute approximate surface area is 128 Å². The third-order valence-electron chi connectivity index (χ3n) is 2.96. The highest BCUT2D eigenvalue weighted by atomic mass is 19.1. The number of pyridine rings is 1. The Morgan fingerprint density at radius 2 is 2.14 bits per heavy atom. The van der Waals surface area contributed by atoms with E-state index in [-0.39, 0.29) is 17.4 Å². The van der Waals surface area contributed by atoms with Gasteiger partial charge in [-0.2, -0.15) is 0 Å². The number of amides is 1. The fourth-order valence-corrected chi connectivity index (χ4v) is 1.86. The number of nitrogens with one attached hydrogen (secondary N) is 2. The summed E-state index contributed by atoms with van der Waals surface area (Å²) in [6.45, 7) is 1.10. The van der Waals surface area contributed by atoms with Crippen molar-refractivity contribution in [1.29, 1.82) is 0 Å². The number of aromatic nitrogens is 1. The van der Waals surface area contributed by atoms with Crippen LogP contribution in [0.25, 0.3) is 0 Å². The molecule has 0 atom stereocenters. The number of methoxy groups -OCH3 is 1. The van der Waals surface area contributed by atoms with E-state index in [1.165, 1.54) is 12.3 Å². The van der Waals surface area contributed by atoms with Gasteiger partial charge in [-0.3, -0.25) is 9.78 Å². The van der Waals surface area contributed by atoms with Crippen molar-refractivity contribution in [1.82, 2.24) is 10.3 Å². The smallest absolute Gasteiger partial charge is 0.269 e. The van der Waals surface area contributed by atoms with Crippen LogP contribution in [-0.4, -0.2) is 31.2 Å². The van der Waals surface area contributed by atoms with Crippen molar-refractivity contribution in [2.24, 2.45) is 0 Å². The van der Waals surface area contributed by atoms with E-state index in [1.54, 1.807) is 37.4 Å². The van der Waals surface area contributed by atoms with Gasteiger partial charge in [-0.1, -0.05) is 12.1 Å². The first-order valence-corrected chi connectivity index (χ1v) is 6.95. The molecule has 1 heterocycles. The third kappa shape index (κ3) is 4.53. The summed E-state index contributed by atoms with van der Waals surface area (Å²) in [5, 5.41) is 5.68. The molecule has 2 rings (SSSR count). The van der Waals surface area contributed by atoms with Crippen molar-refractivity contribution in [3.05, 3.63) is 54.1 Å². The van der Waals surface area contributed by atoms with E-state index in [1.807, 2.05) is 0 Å². The van der Waals surface area contributed by atoms with Crippen LogP contribution < -0.4 is 10.6 Å². The van der Waals surface area contributed by atoms with Crippen molar-refractivity contribution in [3.63, 3.8) is 0 Å². The summed E-state index contributed by atoms with van der Waals surface area (Å²) in [5.74, 6) is -0.627. The van der Waals surface area contributed by atoms with Crippen LogP contribution in [0, 0.1) is 5.82 Å². The summed E-state index contributed by atoms with van der Waals surface area (Å²) < 4.78 is 18.5. The fourth-order valence-electron chi connectivity index (χ4n) is 1.86. The van der Waals surface area contributed by atoms with Crippen molar-refractivity contribution < 1.29 is 13.9 Å². The van der Waals surface area contributed by atoms with Gasteiger partial charge in [0.15, 0.2) is 0 Å². The lowest BCUT2D eigenvalue weighted by molar-refractivity contribution is 0.0943. The van der Waals surface area contributed by atoms with Crippen molar-refractivity contribution in [3.8, 4) is 0 Å². The average molecular weight is 303 g/mol. The average Bonchev–Trinajstić information content (AvgIpc) is 2.54. The third-order valence-corrected chi connectivity index (χ3v) is 2.96. The van der Waals surface area contributed by atoms with Gasteiger partial charge in [0.1, 0.15) is 11.5 Å². The number of rotatable bonds is 7. The van der Waals surface area contributed by atoms with Gasteiger partial charge in [-0.05, 0) is 30.7 Å². The van der Waals surface area contributed by atoms with Crippen LogP contribution in [0.1, 0.15) is 16.9 Å². The summed E-state index contributed by atoms with van der Waals surface area (Å²) in [4.78, 5) is 16.0. The number of para-hydroxylation sites is 1. The molecule has 0 fully saturated rings. The van der Waals surface area contributed by atoms with Crippen LogP contribution in [0.4, 0.5) is 15.8 Å². The molecule has 0 spiro atoms. The highest BCUT2D eigenvalue weighted by Gasteiger charge is 2.08. The van der Waals surface area contributed by atoms with Crippen LogP contribution in [0.5, 0.6) is 0 Å². The molecular formula is C16H18FN3O2. The predicted octanol–water partition coefficient (Wildman–Crippen LogP) is 2.73. The largest absolute Gasteiger partial charge is 0.385 e. The lowest BCUT2D eigenvalue weighted by Gasteiger charge is -2.09. The Morgan fingerprint density at radius 3 is 2.91 bits per heavy atom. The maximum atomic E-state index is 13.6. The van der Waals surface area contributed by atoms with Crippen LogP contribution in [-0.2, 0) is 4.74 Å². The minimum absolute atomic E-state index is 0.270. The molecule has 1 aromatic heterocycles. The molecule has 0 aliphatic rings. The molecule has 0 bridgehead atoms. The van der Waals surface area contributed by atoms with Crippen LogP contribution in [0.15, 0.2) is 42.6 Å². The van der Waals surface area contributed by atoms with E-state index in [0.29, 0.717) is 24.5 Å². The minimum atomic E-state index is -0.357. The maximum Gasteiger partial charge on any atom is 0.269 e. The Kier molecular flexibility index (Phi) is 5.85. The van der Waals surface area contributed by atoms with E-state index in [2.05, 4.69) is 15.6 Å². The standard InChI is InChI=1S/C16H18FN3O2/c1-22-10-4-8-19-16(21)15-11-12(7-9-18-15)20-14-6-3-2-5-13(14)17/h2-3,5-7,9,11H,4,8,10H2,1H3,(H,18,20)(H,19,21). The van der Waals surface area contributed by atoms with Crippen molar-refractivity contribution >= 4 is 17.3 Å². The van der Waals surface area contributed by atoms with E-state index in [4.69, 9.17) is 4.74 Å². The second kappa shape index (κ2) is 8.09. The summed E-state index contributed by atoms with van der Waals surface area (Å²) in [6.07, 6.45) is 2.24. The van der Waals surface area contributed by atoms with Gasteiger partial charge in [0.25, 0.3) is 5.91 Å². The second-order valence-corrected chi connectivity index (χ2v) is 4.64. The second-order valence-electron chi connectivity index (χ2n) is 4.64. The number of nitrogens with zero attached hydrogens (tertiary/aromatic N) is 1. The number of hydrogen-bond donors (Lipinski definition) is 2. The number of benzene rings is 1. The number of carbonyl (C=O) groups is 1. The van der Waals surface area contributed by atoms with Crippen molar-refractivity contribution in [2.75, 3.05) is 25.6 Å². The van der Waals surface area contributed by atoms with E-state index in [0.717, 1.165) is 6.42 Å². The van der Waals surface area contributed by atoms with Gasteiger partial charge in [-0.15, -0.1) is 0 Å². The number of halogens is 1. The van der Waals surface area contributed by atoms with Gasteiger partial charge < -0.3 is 15.4 Å². The van der Waals surface area contributed by atoms with Crippen LogP contribution in [0.2, 0.25) is 0 Å². The fraction of sp³-hybridized carbons (Fsp3) is 0.250. The van der Waals surface area contributed by atoms with Gasteiger partial charge in [0, 0.05) is 32.1 Å². The van der Waals surface area contributed by atoms with Gasteiger partial charge in [0.2, 0.25) is 0 Å². The predicted molar refractivity (Wildman–Crippen MR) is 82.7 cm³/mol. The topological polar surface area (TPSA) is 63.2 Å². The summed E-state index contributed by atoms with van der Waals surface area (Å²) >= 11 is 0. The molecule has 5 nitrogen and oxygen atoms in total. The van der Waals surface area contributed by atoms with Gasteiger partial charge in [0.05, 0.1) is 5.69 Å². The molecule has 2 N–H and O–H groups in total. The first-order chi connectivity index (χ1) is 10.7. The number of anilines is 2. The highest BCUT2D eigenvalue weighted by molar-refractivity contribution is 5.93. The lowest BCUT2D eigenvalue weighted by Crippen LogP contribution is -2.26. The van der Waals surface area contributed by atoms with E-state index in [9.17, 15) is 9.18 Å². The molecule has 116 valence electrons. The Hall–Kier alpha value is -2.47. The molecule has 0 aliphatic heterocycles. The summed E-state index contributed by atoms with van der Waals surface area (Å²) in [6, 6.07) is 9.60. The molecule has 0 aliphatic carbocycles.